The Balaban J connectivity index is 2.90. The molecule has 6 heteroatoms. The number of anilines is 2. The number of aromatic nitrogens is 2. The van der Waals surface area contributed by atoms with E-state index in [0.717, 1.165) is 30.8 Å². The molecular weight excluding hydrogens is 218 g/mol. The molecule has 1 aromatic heterocycles. The molecule has 0 bridgehead atoms. The minimum absolute atomic E-state index is 0.110. The van der Waals surface area contributed by atoms with E-state index in [1.807, 2.05) is 6.92 Å². The lowest BCUT2D eigenvalue weighted by molar-refractivity contribution is 0.301. The summed E-state index contributed by atoms with van der Waals surface area (Å²) in [6.45, 7) is 5.64. The summed E-state index contributed by atoms with van der Waals surface area (Å²) in [6.07, 6.45) is 3.90. The van der Waals surface area contributed by atoms with E-state index in [2.05, 4.69) is 27.2 Å². The van der Waals surface area contributed by atoms with E-state index < -0.39 is 0 Å². The highest BCUT2D eigenvalue weighted by molar-refractivity contribution is 5.48. The van der Waals surface area contributed by atoms with Gasteiger partial charge < -0.3 is 10.0 Å². The first kappa shape index (κ1) is 13.7. The number of nitrogens with one attached hydrogen (secondary N) is 1. The van der Waals surface area contributed by atoms with E-state index in [9.17, 15) is 0 Å². The number of unbranched alkanes of at least 4 members (excludes halogenated alkanes) is 1. The highest BCUT2D eigenvalue weighted by Crippen LogP contribution is 2.18. The van der Waals surface area contributed by atoms with Crippen LogP contribution < -0.4 is 16.2 Å². The van der Waals surface area contributed by atoms with Crippen LogP contribution in [0.1, 0.15) is 25.3 Å². The van der Waals surface area contributed by atoms with Crippen LogP contribution in [-0.4, -0.2) is 34.8 Å². The van der Waals surface area contributed by atoms with Crippen LogP contribution in [0.2, 0.25) is 0 Å². The van der Waals surface area contributed by atoms with Gasteiger partial charge in [-0.25, -0.2) is 10.8 Å². The average molecular weight is 239 g/mol. The molecule has 1 heterocycles. The summed E-state index contributed by atoms with van der Waals surface area (Å²) in [6, 6.07) is 0. The van der Waals surface area contributed by atoms with Crippen molar-refractivity contribution in [3.8, 4) is 0 Å². The Bertz CT molecular complexity index is 345. The molecule has 0 fully saturated rings. The van der Waals surface area contributed by atoms with E-state index in [-0.39, 0.29) is 6.61 Å². The molecule has 0 saturated carbocycles. The predicted molar refractivity (Wildman–Crippen MR) is 68.8 cm³/mol. The Morgan fingerprint density at radius 3 is 2.82 bits per heavy atom. The van der Waals surface area contributed by atoms with Crippen molar-refractivity contribution in [2.45, 2.75) is 26.7 Å². The van der Waals surface area contributed by atoms with Gasteiger partial charge in [0, 0.05) is 24.8 Å². The van der Waals surface area contributed by atoms with Gasteiger partial charge in [0.2, 0.25) is 5.95 Å². The number of rotatable bonds is 7. The molecule has 0 aliphatic carbocycles. The van der Waals surface area contributed by atoms with Crippen LogP contribution in [0.3, 0.4) is 0 Å². The highest BCUT2D eigenvalue weighted by atomic mass is 16.3. The van der Waals surface area contributed by atoms with Gasteiger partial charge in [0.15, 0.2) is 0 Å². The third-order valence-electron chi connectivity index (χ3n) is 2.53. The fraction of sp³-hybridized carbons (Fsp3) is 0.636. The molecule has 96 valence electrons. The van der Waals surface area contributed by atoms with Gasteiger partial charge in [-0.3, -0.25) is 5.43 Å². The van der Waals surface area contributed by atoms with Crippen molar-refractivity contribution in [3.05, 3.63) is 11.8 Å². The molecule has 0 aliphatic rings. The van der Waals surface area contributed by atoms with Crippen molar-refractivity contribution in [3.63, 3.8) is 0 Å². The van der Waals surface area contributed by atoms with Gasteiger partial charge >= 0.3 is 0 Å². The van der Waals surface area contributed by atoms with Gasteiger partial charge in [-0.05, 0) is 13.3 Å². The van der Waals surface area contributed by atoms with E-state index >= 15 is 0 Å². The molecule has 0 saturated heterocycles. The summed E-state index contributed by atoms with van der Waals surface area (Å²) in [5.41, 5.74) is 3.42. The lowest BCUT2D eigenvalue weighted by atomic mass is 10.2. The van der Waals surface area contributed by atoms with Crippen molar-refractivity contribution < 1.29 is 5.11 Å². The smallest absolute Gasteiger partial charge is 0.239 e. The van der Waals surface area contributed by atoms with E-state index in [1.54, 1.807) is 6.20 Å². The Morgan fingerprint density at radius 2 is 2.24 bits per heavy atom. The number of aliphatic hydroxyl groups is 1. The van der Waals surface area contributed by atoms with Gasteiger partial charge in [0.25, 0.3) is 0 Å². The summed E-state index contributed by atoms with van der Waals surface area (Å²) in [5, 5.41) is 9.09. The van der Waals surface area contributed by atoms with Crippen LogP contribution >= 0.6 is 0 Å². The number of hydrogen-bond acceptors (Lipinski definition) is 6. The van der Waals surface area contributed by atoms with E-state index in [4.69, 9.17) is 10.9 Å². The maximum atomic E-state index is 9.09. The zero-order valence-electron chi connectivity index (χ0n) is 10.5. The Labute approximate surface area is 102 Å². The summed E-state index contributed by atoms with van der Waals surface area (Å²) in [7, 11) is 0. The van der Waals surface area contributed by atoms with E-state index in [0.29, 0.717) is 12.5 Å². The number of nitrogens with two attached hydrogens (primary N) is 1. The van der Waals surface area contributed by atoms with Crippen molar-refractivity contribution in [2.75, 3.05) is 30.0 Å². The predicted octanol–water partition coefficient (Wildman–Crippen LogP) is 0.669. The summed E-state index contributed by atoms with van der Waals surface area (Å²) in [5.74, 6) is 6.52. The first-order chi connectivity index (χ1) is 8.22. The molecule has 0 aromatic carbocycles. The van der Waals surface area contributed by atoms with Gasteiger partial charge in [-0.2, -0.15) is 4.98 Å². The lowest BCUT2D eigenvalue weighted by Gasteiger charge is -2.24. The van der Waals surface area contributed by atoms with Crippen LogP contribution in [0.25, 0.3) is 0 Å². The fourth-order valence-corrected chi connectivity index (χ4v) is 1.62. The number of hydrazine groups is 1. The number of nitrogens with zero attached hydrogens (tertiary/aromatic N) is 3. The normalized spacial score (nSPS) is 10.4. The van der Waals surface area contributed by atoms with Crippen LogP contribution in [0.15, 0.2) is 6.20 Å². The minimum Gasteiger partial charge on any atom is -0.395 e. The Morgan fingerprint density at radius 1 is 1.47 bits per heavy atom. The minimum atomic E-state index is 0.110. The standard InChI is InChI=1S/C11H21N5O/c1-3-4-5-16(6-7-17)10-9(2)8-13-11(14-10)15-12/h8,17H,3-7,12H2,1-2H3,(H,13,14,15). The van der Waals surface area contributed by atoms with Crippen molar-refractivity contribution in [2.24, 2.45) is 5.84 Å². The second-order valence-corrected chi connectivity index (χ2v) is 3.91. The summed E-state index contributed by atoms with van der Waals surface area (Å²) < 4.78 is 0. The molecule has 0 spiro atoms. The Kier molecular flexibility index (Phi) is 5.65. The molecule has 17 heavy (non-hydrogen) atoms. The maximum Gasteiger partial charge on any atom is 0.239 e. The van der Waals surface area contributed by atoms with Crippen LogP contribution in [-0.2, 0) is 0 Å². The van der Waals surface area contributed by atoms with Crippen molar-refractivity contribution in [1.29, 1.82) is 0 Å². The first-order valence-electron chi connectivity index (χ1n) is 5.89. The number of aliphatic hydroxyl groups excluding tert-OH is 1. The van der Waals surface area contributed by atoms with Crippen LogP contribution in [0, 0.1) is 6.92 Å². The monoisotopic (exact) mass is 239 g/mol. The number of aryl methyl sites for hydroxylation is 1. The molecule has 4 N–H and O–H groups in total. The van der Waals surface area contributed by atoms with Crippen molar-refractivity contribution >= 4 is 11.8 Å². The van der Waals surface area contributed by atoms with Gasteiger partial charge in [0.1, 0.15) is 5.82 Å². The molecular formula is C11H21N5O. The zero-order valence-corrected chi connectivity index (χ0v) is 10.5. The quantitative estimate of drug-likeness (QED) is 0.479. The van der Waals surface area contributed by atoms with Gasteiger partial charge in [-0.15, -0.1) is 0 Å². The van der Waals surface area contributed by atoms with Gasteiger partial charge in [-0.1, -0.05) is 13.3 Å². The maximum absolute atomic E-state index is 9.09. The molecule has 1 rings (SSSR count). The second-order valence-electron chi connectivity index (χ2n) is 3.91. The summed E-state index contributed by atoms with van der Waals surface area (Å²) >= 11 is 0. The average Bonchev–Trinajstić information content (AvgIpc) is 2.35. The van der Waals surface area contributed by atoms with Crippen molar-refractivity contribution in [1.82, 2.24) is 9.97 Å². The lowest BCUT2D eigenvalue weighted by Crippen LogP contribution is -2.30. The molecule has 0 radical (unpaired) electrons. The molecule has 0 atom stereocenters. The Hall–Kier alpha value is -1.40. The third-order valence-corrected chi connectivity index (χ3v) is 2.53. The fourth-order valence-electron chi connectivity index (χ4n) is 1.62. The molecule has 1 aromatic rings. The van der Waals surface area contributed by atoms with E-state index in [1.165, 1.54) is 0 Å². The molecule has 0 amide bonds. The molecule has 0 unspecified atom stereocenters. The number of hydrogen-bond donors (Lipinski definition) is 3. The zero-order chi connectivity index (χ0) is 12.7. The largest absolute Gasteiger partial charge is 0.395 e. The highest BCUT2D eigenvalue weighted by Gasteiger charge is 2.11. The first-order valence-corrected chi connectivity index (χ1v) is 5.89. The third kappa shape index (κ3) is 3.83. The molecule has 6 nitrogen and oxygen atoms in total. The second kappa shape index (κ2) is 7.03. The number of nitrogen functional groups attached to an aromatic ring is 1. The topological polar surface area (TPSA) is 87.3 Å². The summed E-state index contributed by atoms with van der Waals surface area (Å²) in [4.78, 5) is 10.4. The molecule has 0 aliphatic heterocycles. The van der Waals surface area contributed by atoms with Gasteiger partial charge in [0.05, 0.1) is 6.61 Å². The van der Waals surface area contributed by atoms with Crippen LogP contribution in [0.5, 0.6) is 0 Å². The SMILES string of the molecule is CCCCN(CCO)c1nc(NN)ncc1C. The van der Waals surface area contributed by atoms with Crippen LogP contribution in [0.4, 0.5) is 11.8 Å².